The topological polar surface area (TPSA) is 3.24 Å². The Balaban J connectivity index is 2.66. The van der Waals surface area contributed by atoms with E-state index >= 15 is 0 Å². The van der Waals surface area contributed by atoms with E-state index in [1.807, 2.05) is 19.9 Å². The Labute approximate surface area is 55.1 Å². The number of hydrogen-bond acceptors (Lipinski definition) is 1. The molecule has 0 aromatic rings. The summed E-state index contributed by atoms with van der Waals surface area (Å²) in [5.74, 6) is 0. The van der Waals surface area contributed by atoms with Crippen molar-refractivity contribution in [2.45, 2.75) is 32.2 Å². The number of hydrogen-bond donors (Lipinski definition) is 0. The first-order chi connectivity index (χ1) is 4.13. The van der Waals surface area contributed by atoms with Gasteiger partial charge in [-0.3, -0.25) is 0 Å². The van der Waals surface area contributed by atoms with Gasteiger partial charge in [-0.2, -0.15) is 0 Å². The van der Waals surface area contributed by atoms with E-state index in [9.17, 15) is 4.48 Å². The van der Waals surface area contributed by atoms with Crippen molar-refractivity contribution in [3.63, 3.8) is 0 Å². The molecule has 0 fully saturated rings. The van der Waals surface area contributed by atoms with Gasteiger partial charge in [-0.1, -0.05) is 6.08 Å². The van der Waals surface area contributed by atoms with Crippen molar-refractivity contribution in [1.29, 1.82) is 0 Å². The van der Waals surface area contributed by atoms with Crippen molar-refractivity contribution in [3.05, 3.63) is 12.3 Å². The Morgan fingerprint density at radius 1 is 1.56 bits per heavy atom. The molecule has 0 saturated heterocycles. The standard InChI is InChI=1S/C7H12FN/c1-7(2)5-3-4-6-9(7)8/h4,6H,3,5H2,1-2H3. The average molecular weight is 129 g/mol. The van der Waals surface area contributed by atoms with E-state index in [4.69, 9.17) is 0 Å². The lowest BCUT2D eigenvalue weighted by atomic mass is 9.96. The number of allylic oxidation sites excluding steroid dienone is 1. The molecule has 0 atom stereocenters. The maximum absolute atomic E-state index is 12.7. The van der Waals surface area contributed by atoms with E-state index in [0.717, 1.165) is 18.0 Å². The van der Waals surface area contributed by atoms with Gasteiger partial charge in [-0.25, -0.2) is 5.12 Å². The summed E-state index contributed by atoms with van der Waals surface area (Å²) in [4.78, 5) is 0. The van der Waals surface area contributed by atoms with Gasteiger partial charge in [-0.15, -0.1) is 4.48 Å². The van der Waals surface area contributed by atoms with Crippen molar-refractivity contribution in [3.8, 4) is 0 Å². The van der Waals surface area contributed by atoms with Gasteiger partial charge in [0.25, 0.3) is 0 Å². The van der Waals surface area contributed by atoms with Crippen LogP contribution in [0, 0.1) is 0 Å². The number of rotatable bonds is 0. The van der Waals surface area contributed by atoms with E-state index in [2.05, 4.69) is 0 Å². The quantitative estimate of drug-likeness (QED) is 0.453. The molecule has 0 aromatic carbocycles. The van der Waals surface area contributed by atoms with Gasteiger partial charge in [-0.05, 0) is 26.7 Å². The van der Waals surface area contributed by atoms with Gasteiger partial charge < -0.3 is 0 Å². The molecular formula is C7H12FN. The van der Waals surface area contributed by atoms with Crippen LogP contribution in [0.4, 0.5) is 4.48 Å². The van der Waals surface area contributed by atoms with E-state index in [1.54, 1.807) is 0 Å². The lowest BCUT2D eigenvalue weighted by Gasteiger charge is -2.32. The van der Waals surface area contributed by atoms with E-state index in [0.29, 0.717) is 0 Å². The molecule has 0 N–H and O–H groups in total. The first-order valence-corrected chi connectivity index (χ1v) is 3.25. The van der Waals surface area contributed by atoms with Crippen LogP contribution in [0.3, 0.4) is 0 Å². The second-order valence-corrected chi connectivity index (χ2v) is 3.05. The lowest BCUT2D eigenvalue weighted by Crippen LogP contribution is -2.36. The molecule has 1 heterocycles. The maximum Gasteiger partial charge on any atom is 0.0663 e. The Kier molecular flexibility index (Phi) is 1.47. The SMILES string of the molecule is CC1(C)CCC=CN1F. The normalized spacial score (nSPS) is 24.6. The first kappa shape index (κ1) is 6.59. The molecule has 0 saturated carbocycles. The van der Waals surface area contributed by atoms with Gasteiger partial charge >= 0.3 is 0 Å². The van der Waals surface area contributed by atoms with E-state index in [1.165, 1.54) is 6.20 Å². The van der Waals surface area contributed by atoms with Gasteiger partial charge in [0.2, 0.25) is 0 Å². The molecule has 1 aliphatic heterocycles. The Morgan fingerprint density at radius 2 is 2.22 bits per heavy atom. The molecule has 0 aliphatic carbocycles. The molecule has 0 aromatic heterocycles. The fraction of sp³-hybridized carbons (Fsp3) is 0.714. The van der Waals surface area contributed by atoms with Crippen molar-refractivity contribution >= 4 is 0 Å². The predicted octanol–water partition coefficient (Wildman–Crippen LogP) is 2.26. The molecule has 2 heteroatoms. The predicted molar refractivity (Wildman–Crippen MR) is 35.4 cm³/mol. The molecule has 0 amide bonds. The number of halogens is 1. The highest BCUT2D eigenvalue weighted by Gasteiger charge is 2.25. The monoisotopic (exact) mass is 129 g/mol. The zero-order valence-electron chi connectivity index (χ0n) is 5.89. The van der Waals surface area contributed by atoms with Gasteiger partial charge in [0.15, 0.2) is 0 Å². The summed E-state index contributed by atoms with van der Waals surface area (Å²) >= 11 is 0. The van der Waals surface area contributed by atoms with Crippen molar-refractivity contribution < 1.29 is 4.48 Å². The number of nitrogens with zero attached hydrogens (tertiary/aromatic N) is 1. The molecule has 52 valence electrons. The molecule has 9 heavy (non-hydrogen) atoms. The third-order valence-electron chi connectivity index (χ3n) is 1.74. The van der Waals surface area contributed by atoms with Crippen LogP contribution in [0.25, 0.3) is 0 Å². The van der Waals surface area contributed by atoms with Gasteiger partial charge in [0.05, 0.1) is 5.54 Å². The van der Waals surface area contributed by atoms with Crippen LogP contribution in [0.5, 0.6) is 0 Å². The van der Waals surface area contributed by atoms with Gasteiger partial charge in [0, 0.05) is 6.20 Å². The minimum atomic E-state index is -0.283. The third-order valence-corrected chi connectivity index (χ3v) is 1.74. The van der Waals surface area contributed by atoms with Crippen LogP contribution >= 0.6 is 0 Å². The summed E-state index contributed by atoms with van der Waals surface area (Å²) in [5, 5.41) is 0.774. The largest absolute Gasteiger partial charge is 0.214 e. The molecule has 1 aliphatic rings. The van der Waals surface area contributed by atoms with Crippen molar-refractivity contribution in [2.75, 3.05) is 0 Å². The highest BCUT2D eigenvalue weighted by Crippen LogP contribution is 2.25. The highest BCUT2D eigenvalue weighted by molar-refractivity contribution is 4.94. The second-order valence-electron chi connectivity index (χ2n) is 3.05. The summed E-state index contributed by atoms with van der Waals surface area (Å²) in [7, 11) is 0. The maximum atomic E-state index is 12.7. The fourth-order valence-electron chi connectivity index (χ4n) is 0.912. The summed E-state index contributed by atoms with van der Waals surface area (Å²) in [6, 6.07) is 0. The Bertz CT molecular complexity index is 129. The lowest BCUT2D eigenvalue weighted by molar-refractivity contribution is -0.0263. The van der Waals surface area contributed by atoms with Crippen LogP contribution < -0.4 is 0 Å². The molecule has 0 unspecified atom stereocenters. The summed E-state index contributed by atoms with van der Waals surface area (Å²) in [6.07, 6.45) is 5.25. The molecule has 1 rings (SSSR count). The van der Waals surface area contributed by atoms with Crippen LogP contribution in [0.2, 0.25) is 0 Å². The zero-order valence-corrected chi connectivity index (χ0v) is 5.89. The Hall–Kier alpha value is -0.530. The Morgan fingerprint density at radius 3 is 2.56 bits per heavy atom. The molecule has 1 nitrogen and oxygen atoms in total. The molecular weight excluding hydrogens is 117 g/mol. The third kappa shape index (κ3) is 1.23. The van der Waals surface area contributed by atoms with Crippen LogP contribution in [-0.2, 0) is 0 Å². The van der Waals surface area contributed by atoms with E-state index in [-0.39, 0.29) is 5.54 Å². The van der Waals surface area contributed by atoms with Gasteiger partial charge in [0.1, 0.15) is 0 Å². The van der Waals surface area contributed by atoms with E-state index < -0.39 is 0 Å². The van der Waals surface area contributed by atoms with Crippen LogP contribution in [-0.4, -0.2) is 10.7 Å². The highest BCUT2D eigenvalue weighted by atomic mass is 19.2. The molecule has 0 bridgehead atoms. The second kappa shape index (κ2) is 2.01. The van der Waals surface area contributed by atoms with Crippen LogP contribution in [0.1, 0.15) is 26.7 Å². The summed E-state index contributed by atoms with van der Waals surface area (Å²) < 4.78 is 12.7. The van der Waals surface area contributed by atoms with Crippen LogP contribution in [0.15, 0.2) is 12.3 Å². The van der Waals surface area contributed by atoms with Crippen molar-refractivity contribution in [1.82, 2.24) is 5.12 Å². The molecule has 0 spiro atoms. The summed E-state index contributed by atoms with van der Waals surface area (Å²) in [5.41, 5.74) is -0.283. The molecule has 0 radical (unpaired) electrons. The fourth-order valence-corrected chi connectivity index (χ4v) is 0.912. The minimum Gasteiger partial charge on any atom is -0.214 e. The minimum absolute atomic E-state index is 0.283. The smallest absolute Gasteiger partial charge is 0.0663 e. The first-order valence-electron chi connectivity index (χ1n) is 3.25. The average Bonchev–Trinajstić information content (AvgIpc) is 1.77. The zero-order chi connectivity index (χ0) is 6.91. The van der Waals surface area contributed by atoms with Crippen molar-refractivity contribution in [2.24, 2.45) is 0 Å². The summed E-state index contributed by atoms with van der Waals surface area (Å²) in [6.45, 7) is 3.80.